The van der Waals surface area contributed by atoms with Crippen molar-refractivity contribution in [2.24, 2.45) is 5.92 Å². The predicted octanol–water partition coefficient (Wildman–Crippen LogP) is 3.24. The van der Waals surface area contributed by atoms with Gasteiger partial charge in [-0.05, 0) is 48.4 Å². The Morgan fingerprint density at radius 2 is 2.00 bits per heavy atom. The van der Waals surface area contributed by atoms with Crippen molar-refractivity contribution in [3.63, 3.8) is 0 Å². The summed E-state index contributed by atoms with van der Waals surface area (Å²) >= 11 is 0. The molecule has 1 saturated heterocycles. The largest absolute Gasteiger partial charge is 0.357 e. The van der Waals surface area contributed by atoms with Crippen LogP contribution in [0.4, 0.5) is 10.2 Å². The molecule has 25 heavy (non-hydrogen) atoms. The Morgan fingerprint density at radius 3 is 2.72 bits per heavy atom. The molecule has 1 N–H and O–H groups in total. The molecule has 0 spiro atoms. The highest BCUT2D eigenvalue weighted by molar-refractivity contribution is 5.82. The number of halogens is 1. The third-order valence-electron chi connectivity index (χ3n) is 5.14. The molecule has 0 radical (unpaired) electrons. The lowest BCUT2D eigenvalue weighted by Gasteiger charge is -2.16. The first-order valence-electron chi connectivity index (χ1n) is 8.94. The fourth-order valence-corrected chi connectivity index (χ4v) is 3.58. The molecular formula is C20H22FN3O. The maximum absolute atomic E-state index is 13.8. The minimum absolute atomic E-state index is 0.00290. The van der Waals surface area contributed by atoms with Gasteiger partial charge in [-0.1, -0.05) is 24.3 Å². The Bertz CT molecular complexity index is 756. The number of rotatable bonds is 5. The number of anilines is 1. The third kappa shape index (κ3) is 3.50. The van der Waals surface area contributed by atoms with Crippen molar-refractivity contribution >= 4 is 11.7 Å². The standard InChI is InChI=1S/C20H22FN3O/c21-18-6-2-1-5-15(18)16-11-17(16)20(25)23-13-14-7-8-19(22-12-14)24-9-3-4-10-24/h1-2,5-8,12,16-17H,3-4,9-11,13H2,(H,23,25). The van der Waals surface area contributed by atoms with Crippen LogP contribution in [-0.4, -0.2) is 24.0 Å². The number of aromatic nitrogens is 1. The first-order valence-corrected chi connectivity index (χ1v) is 8.94. The number of hydrogen-bond acceptors (Lipinski definition) is 3. The van der Waals surface area contributed by atoms with E-state index in [1.807, 2.05) is 24.4 Å². The SMILES string of the molecule is O=C(NCc1ccc(N2CCCC2)nc1)C1CC1c1ccccc1F. The molecule has 5 heteroatoms. The zero-order chi connectivity index (χ0) is 17.2. The van der Waals surface area contributed by atoms with Gasteiger partial charge in [-0.25, -0.2) is 9.37 Å². The van der Waals surface area contributed by atoms with Gasteiger partial charge in [0, 0.05) is 31.7 Å². The molecule has 1 aliphatic carbocycles. The van der Waals surface area contributed by atoms with E-state index in [-0.39, 0.29) is 23.6 Å². The molecule has 2 unspecified atom stereocenters. The summed E-state index contributed by atoms with van der Waals surface area (Å²) < 4.78 is 13.8. The van der Waals surface area contributed by atoms with Gasteiger partial charge >= 0.3 is 0 Å². The zero-order valence-electron chi connectivity index (χ0n) is 14.1. The van der Waals surface area contributed by atoms with Crippen molar-refractivity contribution in [3.05, 3.63) is 59.5 Å². The van der Waals surface area contributed by atoms with E-state index >= 15 is 0 Å². The molecule has 2 fully saturated rings. The summed E-state index contributed by atoms with van der Waals surface area (Å²) in [6, 6.07) is 10.8. The minimum Gasteiger partial charge on any atom is -0.357 e. The van der Waals surface area contributed by atoms with Crippen molar-refractivity contribution in [1.82, 2.24) is 10.3 Å². The van der Waals surface area contributed by atoms with Crippen LogP contribution in [0, 0.1) is 11.7 Å². The maximum Gasteiger partial charge on any atom is 0.224 e. The Kier molecular flexibility index (Phi) is 4.38. The lowest BCUT2D eigenvalue weighted by atomic mass is 10.1. The minimum atomic E-state index is -0.218. The second-order valence-electron chi connectivity index (χ2n) is 6.91. The van der Waals surface area contributed by atoms with Crippen LogP contribution in [0.3, 0.4) is 0 Å². The fourth-order valence-electron chi connectivity index (χ4n) is 3.58. The number of nitrogens with zero attached hydrogens (tertiary/aromatic N) is 2. The van der Waals surface area contributed by atoms with Gasteiger partial charge < -0.3 is 10.2 Å². The summed E-state index contributed by atoms with van der Waals surface area (Å²) in [5.74, 6) is 0.682. The lowest BCUT2D eigenvalue weighted by Crippen LogP contribution is -2.25. The van der Waals surface area contributed by atoms with Gasteiger partial charge in [0.1, 0.15) is 11.6 Å². The average Bonchev–Trinajstić information content (AvgIpc) is 3.24. The molecule has 1 amide bonds. The van der Waals surface area contributed by atoms with Crippen molar-refractivity contribution in [2.75, 3.05) is 18.0 Å². The van der Waals surface area contributed by atoms with Crippen LogP contribution < -0.4 is 10.2 Å². The van der Waals surface area contributed by atoms with Crippen molar-refractivity contribution in [1.29, 1.82) is 0 Å². The molecule has 4 rings (SSSR count). The van der Waals surface area contributed by atoms with Crippen LogP contribution in [0.15, 0.2) is 42.6 Å². The highest BCUT2D eigenvalue weighted by Crippen LogP contribution is 2.48. The number of carbonyl (C=O) groups excluding carboxylic acids is 1. The maximum atomic E-state index is 13.8. The van der Waals surface area contributed by atoms with Gasteiger partial charge in [-0.2, -0.15) is 0 Å². The Balaban J connectivity index is 1.30. The second kappa shape index (κ2) is 6.82. The van der Waals surface area contributed by atoms with Crippen LogP contribution in [0.25, 0.3) is 0 Å². The van der Waals surface area contributed by atoms with E-state index in [9.17, 15) is 9.18 Å². The third-order valence-corrected chi connectivity index (χ3v) is 5.14. The predicted molar refractivity (Wildman–Crippen MR) is 94.8 cm³/mol. The molecular weight excluding hydrogens is 317 g/mol. The van der Waals surface area contributed by atoms with E-state index < -0.39 is 0 Å². The molecule has 0 bridgehead atoms. The molecule has 4 nitrogen and oxygen atoms in total. The smallest absolute Gasteiger partial charge is 0.224 e. The number of benzene rings is 1. The number of hydrogen-bond donors (Lipinski definition) is 1. The molecule has 2 atom stereocenters. The highest BCUT2D eigenvalue weighted by Gasteiger charge is 2.44. The summed E-state index contributed by atoms with van der Waals surface area (Å²) in [6.07, 6.45) is 5.00. The fraction of sp³-hybridized carbons (Fsp3) is 0.400. The van der Waals surface area contributed by atoms with E-state index in [0.717, 1.165) is 30.9 Å². The Morgan fingerprint density at radius 1 is 1.20 bits per heavy atom. The number of carbonyl (C=O) groups is 1. The molecule has 2 aromatic rings. The monoisotopic (exact) mass is 339 g/mol. The highest BCUT2D eigenvalue weighted by atomic mass is 19.1. The van der Waals surface area contributed by atoms with E-state index in [4.69, 9.17) is 0 Å². The van der Waals surface area contributed by atoms with Crippen LogP contribution >= 0.6 is 0 Å². The number of amides is 1. The second-order valence-corrected chi connectivity index (χ2v) is 6.91. The quantitative estimate of drug-likeness (QED) is 0.910. The number of pyridine rings is 1. The first kappa shape index (κ1) is 16.1. The van der Waals surface area contributed by atoms with Crippen LogP contribution in [0.5, 0.6) is 0 Å². The van der Waals surface area contributed by atoms with Crippen molar-refractivity contribution in [3.8, 4) is 0 Å². The van der Waals surface area contributed by atoms with E-state index in [1.165, 1.54) is 18.9 Å². The van der Waals surface area contributed by atoms with Gasteiger partial charge in [0.25, 0.3) is 0 Å². The van der Waals surface area contributed by atoms with Gasteiger partial charge in [-0.15, -0.1) is 0 Å². The summed E-state index contributed by atoms with van der Waals surface area (Å²) in [5, 5.41) is 2.95. The molecule has 1 aliphatic heterocycles. The summed E-state index contributed by atoms with van der Waals surface area (Å²) in [4.78, 5) is 19.1. The van der Waals surface area contributed by atoms with E-state index in [1.54, 1.807) is 12.1 Å². The molecule has 1 saturated carbocycles. The first-order chi connectivity index (χ1) is 12.2. The lowest BCUT2D eigenvalue weighted by molar-refractivity contribution is -0.122. The summed E-state index contributed by atoms with van der Waals surface area (Å²) in [7, 11) is 0. The van der Waals surface area contributed by atoms with Gasteiger partial charge in [-0.3, -0.25) is 4.79 Å². The molecule has 1 aromatic heterocycles. The molecule has 1 aromatic carbocycles. The molecule has 2 heterocycles. The van der Waals surface area contributed by atoms with Crippen molar-refractivity contribution < 1.29 is 9.18 Å². The van der Waals surface area contributed by atoms with E-state index in [0.29, 0.717) is 12.1 Å². The average molecular weight is 339 g/mol. The van der Waals surface area contributed by atoms with Crippen molar-refractivity contribution in [2.45, 2.75) is 31.7 Å². The zero-order valence-corrected chi connectivity index (χ0v) is 14.1. The summed E-state index contributed by atoms with van der Waals surface area (Å²) in [6.45, 7) is 2.61. The van der Waals surface area contributed by atoms with Gasteiger partial charge in [0.15, 0.2) is 0 Å². The van der Waals surface area contributed by atoms with Crippen LogP contribution in [0.1, 0.15) is 36.3 Å². The number of nitrogens with one attached hydrogen (secondary N) is 1. The van der Waals surface area contributed by atoms with Crippen LogP contribution in [-0.2, 0) is 11.3 Å². The topological polar surface area (TPSA) is 45.2 Å². The van der Waals surface area contributed by atoms with Gasteiger partial charge in [0.05, 0.1) is 0 Å². The summed E-state index contributed by atoms with van der Waals surface area (Å²) in [5.41, 5.74) is 1.64. The molecule has 2 aliphatic rings. The molecule has 130 valence electrons. The van der Waals surface area contributed by atoms with Crippen LogP contribution in [0.2, 0.25) is 0 Å². The Hall–Kier alpha value is -2.43. The normalized spacial score (nSPS) is 22.0. The van der Waals surface area contributed by atoms with E-state index in [2.05, 4.69) is 15.2 Å². The van der Waals surface area contributed by atoms with Gasteiger partial charge in [0.2, 0.25) is 5.91 Å². The Labute approximate surface area is 147 Å².